The minimum Gasteiger partial charge on any atom is -0.347 e. The molecule has 5 nitrogen and oxygen atoms in total. The van der Waals surface area contributed by atoms with Crippen LogP contribution in [0.15, 0.2) is 29.3 Å². The smallest absolute Gasteiger partial charge is 0.242 e. The number of aliphatic imine (C=N–C) groups is 1. The van der Waals surface area contributed by atoms with Gasteiger partial charge in [-0.2, -0.15) is 0 Å². The Bertz CT molecular complexity index is 686. The van der Waals surface area contributed by atoms with Crippen molar-refractivity contribution in [2.45, 2.75) is 38.6 Å². The van der Waals surface area contributed by atoms with Gasteiger partial charge < -0.3 is 15.1 Å². The molecule has 3 aliphatic rings. The maximum Gasteiger partial charge on any atom is 0.242 e. The van der Waals surface area contributed by atoms with Gasteiger partial charge in [-0.15, -0.1) is 24.0 Å². The molecule has 0 bridgehead atoms. The van der Waals surface area contributed by atoms with Crippen LogP contribution in [0.5, 0.6) is 0 Å². The third-order valence-corrected chi connectivity index (χ3v) is 6.24. The van der Waals surface area contributed by atoms with E-state index in [1.807, 2.05) is 11.9 Å². The van der Waals surface area contributed by atoms with Crippen LogP contribution in [0.3, 0.4) is 0 Å². The monoisotopic (exact) mass is 468 g/mol. The number of likely N-dealkylation sites (tertiary alicyclic amines) is 1. The Hall–Kier alpha value is -1.31. The third-order valence-electron chi connectivity index (χ3n) is 6.24. The zero-order valence-corrected chi connectivity index (χ0v) is 17.9. The van der Waals surface area contributed by atoms with Crippen molar-refractivity contribution >= 4 is 35.8 Å². The standard InChI is InChI=1S/C20H28N4O.HI/c1-21-19(24-12-10-20(15-24)8-4-9-20)22-13-18(25)23-11-7-16-5-2-3-6-17(16)14-23;/h2-3,5-6H,4,7-15H2,1H3,(H,21,22);1H. The molecule has 1 aromatic carbocycles. The number of rotatable bonds is 2. The van der Waals surface area contributed by atoms with E-state index < -0.39 is 0 Å². The summed E-state index contributed by atoms with van der Waals surface area (Å²) in [6.07, 6.45) is 6.30. The summed E-state index contributed by atoms with van der Waals surface area (Å²) in [4.78, 5) is 21.3. The van der Waals surface area contributed by atoms with Crippen LogP contribution in [0.4, 0.5) is 0 Å². The Morgan fingerprint density at radius 3 is 2.58 bits per heavy atom. The lowest BCUT2D eigenvalue weighted by atomic mass is 9.68. The van der Waals surface area contributed by atoms with Crippen molar-refractivity contribution in [2.24, 2.45) is 10.4 Å². The summed E-state index contributed by atoms with van der Waals surface area (Å²) >= 11 is 0. The van der Waals surface area contributed by atoms with E-state index in [1.165, 1.54) is 36.8 Å². The molecule has 6 heteroatoms. The van der Waals surface area contributed by atoms with Crippen molar-refractivity contribution in [3.8, 4) is 0 Å². The Balaban J connectivity index is 0.00000196. The van der Waals surface area contributed by atoms with Crippen LogP contribution in [0.1, 0.15) is 36.8 Å². The zero-order valence-electron chi connectivity index (χ0n) is 15.5. The van der Waals surface area contributed by atoms with Gasteiger partial charge in [0, 0.05) is 33.2 Å². The molecule has 0 radical (unpaired) electrons. The van der Waals surface area contributed by atoms with Gasteiger partial charge in [-0.25, -0.2) is 0 Å². The highest BCUT2D eigenvalue weighted by atomic mass is 127. The van der Waals surface area contributed by atoms with E-state index in [2.05, 4.69) is 39.5 Å². The zero-order chi connectivity index (χ0) is 17.3. The molecule has 2 fully saturated rings. The fraction of sp³-hybridized carbons (Fsp3) is 0.600. The molecule has 2 aliphatic heterocycles. The van der Waals surface area contributed by atoms with Crippen molar-refractivity contribution < 1.29 is 4.79 Å². The molecule has 26 heavy (non-hydrogen) atoms. The van der Waals surface area contributed by atoms with Crippen molar-refractivity contribution in [2.75, 3.05) is 33.2 Å². The van der Waals surface area contributed by atoms with E-state index >= 15 is 0 Å². The van der Waals surface area contributed by atoms with Crippen LogP contribution in [0, 0.1) is 5.41 Å². The van der Waals surface area contributed by atoms with Crippen molar-refractivity contribution in [3.63, 3.8) is 0 Å². The summed E-state index contributed by atoms with van der Waals surface area (Å²) in [5.74, 6) is 1.04. The minimum atomic E-state index is 0. The van der Waals surface area contributed by atoms with Crippen molar-refractivity contribution in [1.29, 1.82) is 0 Å². The number of guanidine groups is 1. The number of nitrogens with zero attached hydrogens (tertiary/aromatic N) is 3. The second-order valence-electron chi connectivity index (χ2n) is 7.76. The molecule has 0 unspecified atom stereocenters. The number of carbonyl (C=O) groups excluding carboxylic acids is 1. The number of amides is 1. The predicted molar refractivity (Wildman–Crippen MR) is 115 cm³/mol. The van der Waals surface area contributed by atoms with E-state index in [4.69, 9.17) is 0 Å². The average molecular weight is 468 g/mol. The minimum absolute atomic E-state index is 0. The molecular formula is C20H29IN4O. The average Bonchev–Trinajstić information content (AvgIpc) is 3.08. The lowest BCUT2D eigenvalue weighted by Crippen LogP contribution is -2.47. The first-order valence-corrected chi connectivity index (χ1v) is 9.49. The summed E-state index contributed by atoms with van der Waals surface area (Å²) in [5.41, 5.74) is 3.19. The second-order valence-corrected chi connectivity index (χ2v) is 7.76. The Labute approximate surface area is 173 Å². The van der Waals surface area contributed by atoms with Gasteiger partial charge in [-0.1, -0.05) is 30.7 Å². The van der Waals surface area contributed by atoms with Gasteiger partial charge in [0.1, 0.15) is 0 Å². The highest BCUT2D eigenvalue weighted by Crippen LogP contribution is 2.47. The highest BCUT2D eigenvalue weighted by molar-refractivity contribution is 14.0. The number of benzene rings is 1. The van der Waals surface area contributed by atoms with Crippen LogP contribution in [-0.2, 0) is 17.8 Å². The van der Waals surface area contributed by atoms with Crippen molar-refractivity contribution in [1.82, 2.24) is 15.1 Å². The first-order chi connectivity index (χ1) is 12.2. The number of hydrogen-bond acceptors (Lipinski definition) is 2. The van der Waals surface area contributed by atoms with E-state index in [1.54, 1.807) is 0 Å². The summed E-state index contributed by atoms with van der Waals surface area (Å²) in [5, 5.41) is 3.30. The fourth-order valence-electron chi connectivity index (χ4n) is 4.51. The molecule has 1 saturated heterocycles. The summed E-state index contributed by atoms with van der Waals surface area (Å²) in [6, 6.07) is 8.42. The van der Waals surface area contributed by atoms with Gasteiger partial charge in [-0.05, 0) is 42.2 Å². The second kappa shape index (κ2) is 8.15. The molecule has 1 N–H and O–H groups in total. The maximum atomic E-state index is 12.6. The first kappa shape index (κ1) is 19.5. The summed E-state index contributed by atoms with van der Waals surface area (Å²) in [6.45, 7) is 4.02. The van der Waals surface area contributed by atoms with E-state index in [-0.39, 0.29) is 29.9 Å². The van der Waals surface area contributed by atoms with E-state index in [0.717, 1.165) is 38.6 Å². The largest absolute Gasteiger partial charge is 0.347 e. The lowest BCUT2D eigenvalue weighted by Gasteiger charge is -2.38. The van der Waals surface area contributed by atoms with Crippen LogP contribution in [-0.4, -0.2) is 54.9 Å². The lowest BCUT2D eigenvalue weighted by molar-refractivity contribution is -0.130. The number of fused-ring (bicyclic) bond motifs is 1. The van der Waals surface area contributed by atoms with Crippen LogP contribution in [0.2, 0.25) is 0 Å². The third kappa shape index (κ3) is 3.85. The Morgan fingerprint density at radius 2 is 1.92 bits per heavy atom. The molecule has 1 spiro atoms. The van der Waals surface area contributed by atoms with Crippen LogP contribution in [0.25, 0.3) is 0 Å². The number of hydrogen-bond donors (Lipinski definition) is 1. The van der Waals surface area contributed by atoms with E-state index in [9.17, 15) is 4.79 Å². The predicted octanol–water partition coefficient (Wildman–Crippen LogP) is 2.64. The number of nitrogens with one attached hydrogen (secondary N) is 1. The number of halogens is 1. The van der Waals surface area contributed by atoms with Crippen LogP contribution >= 0.6 is 24.0 Å². The van der Waals surface area contributed by atoms with Gasteiger partial charge in [0.2, 0.25) is 5.91 Å². The Morgan fingerprint density at radius 1 is 1.15 bits per heavy atom. The molecule has 1 aromatic rings. The molecule has 1 aliphatic carbocycles. The van der Waals surface area contributed by atoms with Crippen molar-refractivity contribution in [3.05, 3.63) is 35.4 Å². The molecule has 0 aromatic heterocycles. The molecule has 1 saturated carbocycles. The molecule has 2 heterocycles. The molecule has 0 atom stereocenters. The highest BCUT2D eigenvalue weighted by Gasteiger charge is 2.43. The van der Waals surface area contributed by atoms with Gasteiger partial charge in [0.05, 0.1) is 6.54 Å². The first-order valence-electron chi connectivity index (χ1n) is 9.49. The molecule has 4 rings (SSSR count). The maximum absolute atomic E-state index is 12.6. The Kier molecular flexibility index (Phi) is 6.10. The SMILES string of the molecule is CN=C(NCC(=O)N1CCc2ccccc2C1)N1CCC2(CCC2)C1.I. The van der Waals surface area contributed by atoms with Gasteiger partial charge >= 0.3 is 0 Å². The molecular weight excluding hydrogens is 439 g/mol. The molecule has 142 valence electrons. The quantitative estimate of drug-likeness (QED) is 0.413. The van der Waals surface area contributed by atoms with E-state index in [0.29, 0.717) is 12.0 Å². The van der Waals surface area contributed by atoms with Gasteiger partial charge in [-0.3, -0.25) is 9.79 Å². The topological polar surface area (TPSA) is 47.9 Å². The van der Waals surface area contributed by atoms with Crippen LogP contribution < -0.4 is 5.32 Å². The molecule has 1 amide bonds. The normalized spacial score (nSPS) is 21.0. The number of carbonyl (C=O) groups is 1. The van der Waals surface area contributed by atoms with Gasteiger partial charge in [0.15, 0.2) is 5.96 Å². The fourth-order valence-corrected chi connectivity index (χ4v) is 4.51. The summed E-state index contributed by atoms with van der Waals surface area (Å²) in [7, 11) is 1.82. The van der Waals surface area contributed by atoms with Gasteiger partial charge in [0.25, 0.3) is 0 Å². The summed E-state index contributed by atoms with van der Waals surface area (Å²) < 4.78 is 0.